The highest BCUT2D eigenvalue weighted by molar-refractivity contribution is 9.10. The van der Waals surface area contributed by atoms with Crippen LogP contribution in [0.1, 0.15) is 70.1 Å². The van der Waals surface area contributed by atoms with E-state index in [0.29, 0.717) is 31.6 Å². The van der Waals surface area contributed by atoms with Gasteiger partial charge in [0.15, 0.2) is 6.29 Å². The molecular formula is C31H39BrN2O2. The second kappa shape index (κ2) is 13.7. The van der Waals surface area contributed by atoms with Crippen molar-refractivity contribution in [1.82, 2.24) is 5.32 Å². The molecule has 0 aliphatic heterocycles. The molecule has 0 spiro atoms. The molecule has 0 bridgehead atoms. The number of amidine groups is 1. The minimum Gasteiger partial charge on any atom is -0.364 e. The summed E-state index contributed by atoms with van der Waals surface area (Å²) in [7, 11) is 0. The van der Waals surface area contributed by atoms with Crippen LogP contribution in [0.25, 0.3) is 11.1 Å². The first kappa shape index (κ1) is 28.1. The van der Waals surface area contributed by atoms with Crippen molar-refractivity contribution in [1.29, 1.82) is 0 Å². The zero-order valence-electron chi connectivity index (χ0n) is 22.3. The van der Waals surface area contributed by atoms with E-state index in [1.54, 1.807) is 0 Å². The Labute approximate surface area is 225 Å². The lowest BCUT2D eigenvalue weighted by molar-refractivity contribution is -0.131. The standard InChI is InChI=1S/C31H39BrN2O2/c1-7-35-29(36-8-2)20-33-31(24-14-16-26(32)17-15-24)34-30-27(21(3)4)18-25(19-28(30)22(5)6)23-12-10-9-11-13-23/h9-19,21-22,29H,7-8,20H2,1-6H3,(H,33,34). The maximum Gasteiger partial charge on any atom is 0.174 e. The monoisotopic (exact) mass is 550 g/mol. The Morgan fingerprint density at radius 1 is 0.806 bits per heavy atom. The van der Waals surface area contributed by atoms with E-state index in [4.69, 9.17) is 14.5 Å². The molecule has 192 valence electrons. The number of hydrogen-bond acceptors (Lipinski definition) is 3. The molecule has 36 heavy (non-hydrogen) atoms. The van der Waals surface area contributed by atoms with Crippen molar-refractivity contribution in [3.8, 4) is 11.1 Å². The van der Waals surface area contributed by atoms with Crippen molar-refractivity contribution in [2.75, 3.05) is 19.8 Å². The first-order valence-corrected chi connectivity index (χ1v) is 13.7. The van der Waals surface area contributed by atoms with E-state index in [2.05, 4.69) is 104 Å². The summed E-state index contributed by atoms with van der Waals surface area (Å²) < 4.78 is 12.6. The number of aliphatic imine (C=N–C) groups is 1. The summed E-state index contributed by atoms with van der Waals surface area (Å²) in [5, 5.41) is 3.54. The summed E-state index contributed by atoms with van der Waals surface area (Å²) in [6, 6.07) is 23.4. The van der Waals surface area contributed by atoms with Gasteiger partial charge in [-0.15, -0.1) is 0 Å². The van der Waals surface area contributed by atoms with Crippen LogP contribution >= 0.6 is 15.9 Å². The van der Waals surface area contributed by atoms with Crippen molar-refractivity contribution in [2.45, 2.75) is 59.7 Å². The highest BCUT2D eigenvalue weighted by Gasteiger charge is 2.18. The summed E-state index contributed by atoms with van der Waals surface area (Å²) in [6.45, 7) is 14.6. The Morgan fingerprint density at radius 3 is 1.86 bits per heavy atom. The third-order valence-corrected chi connectivity index (χ3v) is 6.53. The number of nitrogens with one attached hydrogen (secondary N) is 1. The van der Waals surface area contributed by atoms with Crippen LogP contribution in [-0.2, 0) is 9.47 Å². The molecule has 0 unspecified atom stereocenters. The summed E-state index contributed by atoms with van der Waals surface area (Å²) in [5.41, 5.74) is 6.98. The summed E-state index contributed by atoms with van der Waals surface area (Å²) >= 11 is 3.56. The molecular weight excluding hydrogens is 512 g/mol. The van der Waals surface area contributed by atoms with Gasteiger partial charge in [0.1, 0.15) is 5.84 Å². The van der Waals surface area contributed by atoms with Crippen LogP contribution < -0.4 is 5.32 Å². The second-order valence-corrected chi connectivity index (χ2v) is 10.3. The lowest BCUT2D eigenvalue weighted by Gasteiger charge is -2.22. The predicted molar refractivity (Wildman–Crippen MR) is 155 cm³/mol. The fourth-order valence-electron chi connectivity index (χ4n) is 4.13. The number of hydrogen-bond donors (Lipinski definition) is 1. The summed E-state index contributed by atoms with van der Waals surface area (Å²) in [4.78, 5) is 5.31. The molecule has 0 atom stereocenters. The average Bonchev–Trinajstić information content (AvgIpc) is 2.87. The number of benzene rings is 3. The molecule has 4 nitrogen and oxygen atoms in total. The normalized spacial score (nSPS) is 12.1. The van der Waals surface area contributed by atoms with Gasteiger partial charge in [0.2, 0.25) is 0 Å². The summed E-state index contributed by atoms with van der Waals surface area (Å²) in [5.74, 6) is 1.44. The zero-order chi connectivity index (χ0) is 26.1. The van der Waals surface area contributed by atoms with Gasteiger partial charge in [-0.1, -0.05) is 86.1 Å². The van der Waals surface area contributed by atoms with Crippen LogP contribution in [-0.4, -0.2) is 31.9 Å². The van der Waals surface area contributed by atoms with Crippen molar-refractivity contribution < 1.29 is 9.47 Å². The quantitative estimate of drug-likeness (QED) is 0.148. The minimum absolute atomic E-state index is 0.315. The SMILES string of the molecule is CCOC(CNC(=Nc1c(C(C)C)cc(-c2ccccc2)cc1C(C)C)c1ccc(Br)cc1)OCC. The van der Waals surface area contributed by atoms with Crippen molar-refractivity contribution >= 4 is 27.5 Å². The summed E-state index contributed by atoms with van der Waals surface area (Å²) in [6.07, 6.45) is -0.338. The Morgan fingerprint density at radius 2 is 1.36 bits per heavy atom. The fourth-order valence-corrected chi connectivity index (χ4v) is 4.39. The molecule has 5 heteroatoms. The van der Waals surface area contributed by atoms with Crippen LogP contribution in [0.3, 0.4) is 0 Å². The van der Waals surface area contributed by atoms with Gasteiger partial charge in [-0.3, -0.25) is 0 Å². The number of nitrogens with zero attached hydrogens (tertiary/aromatic N) is 1. The third-order valence-electron chi connectivity index (χ3n) is 6.00. The molecule has 3 rings (SSSR count). The predicted octanol–water partition coefficient (Wildman–Crippen LogP) is 8.43. The Bertz CT molecular complexity index is 1090. The molecule has 0 amide bonds. The van der Waals surface area contributed by atoms with Crippen molar-refractivity contribution in [3.05, 3.63) is 87.9 Å². The van der Waals surface area contributed by atoms with Crippen LogP contribution in [0.5, 0.6) is 0 Å². The molecule has 0 saturated heterocycles. The number of rotatable bonds is 11. The van der Waals surface area contributed by atoms with E-state index in [1.807, 2.05) is 26.0 Å². The Kier molecular flexibility index (Phi) is 10.7. The van der Waals surface area contributed by atoms with Crippen molar-refractivity contribution in [2.24, 2.45) is 4.99 Å². The van der Waals surface area contributed by atoms with Gasteiger partial charge in [0, 0.05) is 23.2 Å². The topological polar surface area (TPSA) is 42.8 Å². The van der Waals surface area contributed by atoms with E-state index < -0.39 is 0 Å². The number of halogens is 1. The fraction of sp³-hybridized carbons (Fsp3) is 0.387. The van der Waals surface area contributed by atoms with Gasteiger partial charge >= 0.3 is 0 Å². The van der Waals surface area contributed by atoms with Gasteiger partial charge in [-0.2, -0.15) is 0 Å². The Hall–Kier alpha value is -2.47. The second-order valence-electron chi connectivity index (χ2n) is 9.37. The average molecular weight is 552 g/mol. The van der Waals surface area contributed by atoms with Crippen LogP contribution in [0, 0.1) is 0 Å². The molecule has 0 aromatic heterocycles. The first-order valence-electron chi connectivity index (χ1n) is 12.9. The van der Waals surface area contributed by atoms with Crippen LogP contribution in [0.15, 0.2) is 76.2 Å². The van der Waals surface area contributed by atoms with Crippen LogP contribution in [0.4, 0.5) is 5.69 Å². The van der Waals surface area contributed by atoms with E-state index in [1.165, 1.54) is 22.3 Å². The maximum atomic E-state index is 5.78. The first-order chi connectivity index (χ1) is 17.3. The van der Waals surface area contributed by atoms with E-state index >= 15 is 0 Å². The lowest BCUT2D eigenvalue weighted by atomic mass is 9.88. The van der Waals surface area contributed by atoms with Gasteiger partial charge in [-0.25, -0.2) is 4.99 Å². The molecule has 3 aromatic rings. The molecule has 0 radical (unpaired) electrons. The lowest BCUT2D eigenvalue weighted by Crippen LogP contribution is -2.36. The smallest absolute Gasteiger partial charge is 0.174 e. The molecule has 3 aromatic carbocycles. The number of ether oxygens (including phenoxy) is 2. The van der Waals surface area contributed by atoms with Gasteiger partial charge in [-0.05, 0) is 72.2 Å². The minimum atomic E-state index is -0.338. The molecule has 0 saturated carbocycles. The van der Waals surface area contributed by atoms with Crippen LogP contribution in [0.2, 0.25) is 0 Å². The van der Waals surface area contributed by atoms with E-state index in [-0.39, 0.29) is 6.29 Å². The highest BCUT2D eigenvalue weighted by atomic mass is 79.9. The highest BCUT2D eigenvalue weighted by Crippen LogP contribution is 2.39. The Balaban J connectivity index is 2.15. The molecule has 0 heterocycles. The van der Waals surface area contributed by atoms with Gasteiger partial charge in [0.25, 0.3) is 0 Å². The van der Waals surface area contributed by atoms with Crippen molar-refractivity contribution in [3.63, 3.8) is 0 Å². The van der Waals surface area contributed by atoms with E-state index in [9.17, 15) is 0 Å². The zero-order valence-corrected chi connectivity index (χ0v) is 23.9. The molecule has 0 aliphatic carbocycles. The maximum absolute atomic E-state index is 5.78. The molecule has 0 aliphatic rings. The molecule has 0 fully saturated rings. The van der Waals surface area contributed by atoms with Gasteiger partial charge < -0.3 is 14.8 Å². The van der Waals surface area contributed by atoms with E-state index in [0.717, 1.165) is 21.6 Å². The third kappa shape index (κ3) is 7.52. The molecule has 1 N–H and O–H groups in total. The van der Waals surface area contributed by atoms with Gasteiger partial charge in [0.05, 0.1) is 12.2 Å². The largest absolute Gasteiger partial charge is 0.364 e.